The molecule has 0 saturated heterocycles. The van der Waals surface area contributed by atoms with Crippen LogP contribution in [0.1, 0.15) is 28.3 Å². The molecule has 2 heteroatoms. The lowest BCUT2D eigenvalue weighted by atomic mass is 9.94. The second-order valence-corrected chi connectivity index (χ2v) is 4.61. The van der Waals surface area contributed by atoms with Crippen molar-refractivity contribution in [2.75, 3.05) is 7.11 Å². The van der Waals surface area contributed by atoms with Crippen LogP contribution in [0.25, 0.3) is 0 Å². The van der Waals surface area contributed by atoms with E-state index in [2.05, 4.69) is 32.0 Å². The Morgan fingerprint density at radius 1 is 1.06 bits per heavy atom. The van der Waals surface area contributed by atoms with Crippen molar-refractivity contribution in [3.63, 3.8) is 0 Å². The zero-order chi connectivity index (χ0) is 13.1. The van der Waals surface area contributed by atoms with Gasteiger partial charge >= 0.3 is 0 Å². The molecule has 0 radical (unpaired) electrons. The predicted molar refractivity (Wildman–Crippen MR) is 74.9 cm³/mol. The maximum Gasteiger partial charge on any atom is 0.119 e. The third-order valence-electron chi connectivity index (χ3n) is 3.21. The summed E-state index contributed by atoms with van der Waals surface area (Å²) < 4.78 is 5.23. The van der Waals surface area contributed by atoms with Gasteiger partial charge in [0.15, 0.2) is 0 Å². The first kappa shape index (κ1) is 12.7. The molecule has 0 aliphatic rings. The van der Waals surface area contributed by atoms with Crippen LogP contribution in [0.4, 0.5) is 0 Å². The maximum atomic E-state index is 6.34. The molecule has 18 heavy (non-hydrogen) atoms. The lowest BCUT2D eigenvalue weighted by Crippen LogP contribution is -2.13. The molecule has 0 amide bonds. The second kappa shape index (κ2) is 5.23. The Labute approximate surface area is 108 Å². The predicted octanol–water partition coefficient (Wildman–Crippen LogP) is 3.36. The van der Waals surface area contributed by atoms with Crippen molar-refractivity contribution in [2.24, 2.45) is 5.73 Å². The van der Waals surface area contributed by atoms with Crippen LogP contribution in [-0.4, -0.2) is 7.11 Å². The summed E-state index contributed by atoms with van der Waals surface area (Å²) >= 11 is 0. The van der Waals surface area contributed by atoms with Crippen LogP contribution in [0.5, 0.6) is 5.75 Å². The number of benzene rings is 2. The van der Waals surface area contributed by atoms with Gasteiger partial charge in [-0.1, -0.05) is 35.9 Å². The zero-order valence-corrected chi connectivity index (χ0v) is 11.1. The minimum atomic E-state index is -0.110. The summed E-state index contributed by atoms with van der Waals surface area (Å²) in [4.78, 5) is 0. The van der Waals surface area contributed by atoms with Gasteiger partial charge in [0, 0.05) is 0 Å². The van der Waals surface area contributed by atoms with Gasteiger partial charge in [0.1, 0.15) is 5.75 Å². The smallest absolute Gasteiger partial charge is 0.119 e. The molecule has 94 valence electrons. The quantitative estimate of drug-likeness (QED) is 0.894. The van der Waals surface area contributed by atoms with Crippen molar-refractivity contribution in [1.29, 1.82) is 0 Å². The molecule has 0 aromatic heterocycles. The van der Waals surface area contributed by atoms with Crippen LogP contribution in [0, 0.1) is 13.8 Å². The van der Waals surface area contributed by atoms with Gasteiger partial charge in [0.25, 0.3) is 0 Å². The van der Waals surface area contributed by atoms with Gasteiger partial charge in [0.05, 0.1) is 13.2 Å². The molecule has 2 N–H and O–H groups in total. The van der Waals surface area contributed by atoms with Crippen molar-refractivity contribution in [1.82, 2.24) is 0 Å². The van der Waals surface area contributed by atoms with Crippen molar-refractivity contribution < 1.29 is 4.74 Å². The molecule has 2 aromatic carbocycles. The van der Waals surface area contributed by atoms with E-state index in [1.54, 1.807) is 7.11 Å². The Hall–Kier alpha value is -1.80. The molecular weight excluding hydrogens is 222 g/mol. The van der Waals surface area contributed by atoms with Crippen molar-refractivity contribution in [2.45, 2.75) is 19.9 Å². The fraction of sp³-hybridized carbons (Fsp3) is 0.250. The Bertz CT molecular complexity index is 549. The van der Waals surface area contributed by atoms with E-state index >= 15 is 0 Å². The Kier molecular flexibility index (Phi) is 3.68. The fourth-order valence-corrected chi connectivity index (χ4v) is 2.19. The van der Waals surface area contributed by atoms with Crippen LogP contribution < -0.4 is 10.5 Å². The van der Waals surface area contributed by atoms with E-state index < -0.39 is 0 Å². The van der Waals surface area contributed by atoms with Crippen molar-refractivity contribution >= 4 is 0 Å². The molecule has 2 nitrogen and oxygen atoms in total. The number of ether oxygens (including phenoxy) is 1. The summed E-state index contributed by atoms with van der Waals surface area (Å²) in [7, 11) is 1.67. The Morgan fingerprint density at radius 2 is 1.83 bits per heavy atom. The van der Waals surface area contributed by atoms with E-state index in [0.717, 1.165) is 16.9 Å². The molecule has 0 fully saturated rings. The topological polar surface area (TPSA) is 35.2 Å². The summed E-state index contributed by atoms with van der Waals surface area (Å²) in [5.74, 6) is 0.840. The third-order valence-corrected chi connectivity index (χ3v) is 3.21. The van der Waals surface area contributed by atoms with Crippen LogP contribution >= 0.6 is 0 Å². The Balaban J connectivity index is 2.37. The molecule has 1 unspecified atom stereocenters. The monoisotopic (exact) mass is 241 g/mol. The molecule has 2 rings (SSSR count). The molecule has 0 heterocycles. The highest BCUT2D eigenvalue weighted by atomic mass is 16.5. The molecule has 0 aliphatic heterocycles. The van der Waals surface area contributed by atoms with E-state index in [1.807, 2.05) is 24.3 Å². The normalized spacial score (nSPS) is 12.2. The number of methoxy groups -OCH3 is 1. The minimum Gasteiger partial charge on any atom is -0.497 e. The van der Waals surface area contributed by atoms with E-state index in [-0.39, 0.29) is 6.04 Å². The molecule has 0 aliphatic carbocycles. The highest BCUT2D eigenvalue weighted by molar-refractivity contribution is 5.40. The van der Waals surface area contributed by atoms with Gasteiger partial charge in [-0.05, 0) is 42.7 Å². The van der Waals surface area contributed by atoms with Crippen LogP contribution in [0.2, 0.25) is 0 Å². The van der Waals surface area contributed by atoms with Gasteiger partial charge in [-0.15, -0.1) is 0 Å². The summed E-state index contributed by atoms with van der Waals surface area (Å²) in [6.45, 7) is 4.19. The molecule has 0 saturated carbocycles. The third kappa shape index (κ3) is 2.54. The van der Waals surface area contributed by atoms with Crippen LogP contribution in [0.3, 0.4) is 0 Å². The lowest BCUT2D eigenvalue weighted by molar-refractivity contribution is 0.414. The van der Waals surface area contributed by atoms with E-state index in [4.69, 9.17) is 10.5 Å². The highest BCUT2D eigenvalue weighted by Crippen LogP contribution is 2.25. The second-order valence-electron chi connectivity index (χ2n) is 4.61. The molecular formula is C16H19NO. The zero-order valence-electron chi connectivity index (χ0n) is 11.1. The summed E-state index contributed by atoms with van der Waals surface area (Å²) in [5, 5.41) is 0. The average Bonchev–Trinajstić information content (AvgIpc) is 2.38. The highest BCUT2D eigenvalue weighted by Gasteiger charge is 2.11. The average molecular weight is 241 g/mol. The summed E-state index contributed by atoms with van der Waals surface area (Å²) in [5.41, 5.74) is 11.1. The number of hydrogen-bond acceptors (Lipinski definition) is 2. The standard InChI is InChI=1S/C16H19NO/c1-11-7-8-15(12(2)9-11)16(17)13-5-4-6-14(10-13)18-3/h4-10,16H,17H2,1-3H3. The molecule has 2 aromatic rings. The molecule has 0 bridgehead atoms. The Morgan fingerprint density at radius 3 is 2.50 bits per heavy atom. The first-order valence-electron chi connectivity index (χ1n) is 6.08. The van der Waals surface area contributed by atoms with Gasteiger partial charge in [-0.2, -0.15) is 0 Å². The number of hydrogen-bond donors (Lipinski definition) is 1. The van der Waals surface area contributed by atoms with Crippen LogP contribution in [-0.2, 0) is 0 Å². The van der Waals surface area contributed by atoms with Gasteiger partial charge in [0.2, 0.25) is 0 Å². The van der Waals surface area contributed by atoms with Gasteiger partial charge in [-0.25, -0.2) is 0 Å². The number of rotatable bonds is 3. The van der Waals surface area contributed by atoms with Crippen molar-refractivity contribution in [3.8, 4) is 5.75 Å². The molecule has 1 atom stereocenters. The van der Waals surface area contributed by atoms with Crippen molar-refractivity contribution in [3.05, 3.63) is 64.7 Å². The van der Waals surface area contributed by atoms with Crippen LogP contribution in [0.15, 0.2) is 42.5 Å². The largest absolute Gasteiger partial charge is 0.497 e. The SMILES string of the molecule is COc1cccc(C(N)c2ccc(C)cc2C)c1. The van der Waals surface area contributed by atoms with E-state index in [9.17, 15) is 0 Å². The number of aryl methyl sites for hydroxylation is 2. The van der Waals surface area contributed by atoms with Gasteiger partial charge in [-0.3, -0.25) is 0 Å². The van der Waals surface area contributed by atoms with E-state index in [1.165, 1.54) is 11.1 Å². The summed E-state index contributed by atoms with van der Waals surface area (Å²) in [6, 6.07) is 14.2. The minimum absolute atomic E-state index is 0.110. The fourth-order valence-electron chi connectivity index (χ4n) is 2.19. The van der Waals surface area contributed by atoms with Gasteiger partial charge < -0.3 is 10.5 Å². The first-order chi connectivity index (χ1) is 8.61. The lowest BCUT2D eigenvalue weighted by Gasteiger charge is -2.16. The van der Waals surface area contributed by atoms with E-state index in [0.29, 0.717) is 0 Å². The first-order valence-corrected chi connectivity index (χ1v) is 6.08. The maximum absolute atomic E-state index is 6.34. The molecule has 0 spiro atoms. The number of nitrogens with two attached hydrogens (primary N) is 1. The summed E-state index contributed by atoms with van der Waals surface area (Å²) in [6.07, 6.45) is 0.